The Morgan fingerprint density at radius 1 is 1.39 bits per heavy atom. The van der Waals surface area contributed by atoms with Crippen LogP contribution in [0.15, 0.2) is 40.0 Å². The van der Waals surface area contributed by atoms with Gasteiger partial charge in [0, 0.05) is 18.8 Å². The lowest BCUT2D eigenvalue weighted by Crippen LogP contribution is -2.29. The van der Waals surface area contributed by atoms with Gasteiger partial charge in [-0.15, -0.1) is 0 Å². The highest BCUT2D eigenvalue weighted by molar-refractivity contribution is 7.90. The lowest BCUT2D eigenvalue weighted by Gasteiger charge is -2.10. The molecule has 0 saturated heterocycles. The van der Waals surface area contributed by atoms with Crippen molar-refractivity contribution in [1.82, 2.24) is 15.4 Å². The number of benzene rings is 1. The lowest BCUT2D eigenvalue weighted by molar-refractivity contribution is -0.137. The molecule has 0 amide bonds. The van der Waals surface area contributed by atoms with Crippen LogP contribution in [-0.4, -0.2) is 39.3 Å². The van der Waals surface area contributed by atoms with Crippen molar-refractivity contribution in [3.05, 3.63) is 41.7 Å². The van der Waals surface area contributed by atoms with Crippen molar-refractivity contribution >= 4 is 27.3 Å². The van der Waals surface area contributed by atoms with Crippen molar-refractivity contribution in [2.75, 3.05) is 24.2 Å². The van der Waals surface area contributed by atoms with Crippen molar-refractivity contribution in [2.24, 2.45) is 4.99 Å². The molecule has 1 atom stereocenters. The zero-order valence-corrected chi connectivity index (χ0v) is 15.5. The third-order valence-corrected chi connectivity index (χ3v) is 4.99. The average molecular weight is 420 g/mol. The Kier molecular flexibility index (Phi) is 6.99. The zero-order chi connectivity index (χ0) is 20.8. The third kappa shape index (κ3) is 5.94. The number of aromatic nitrogens is 1. The van der Waals surface area contributed by atoms with E-state index in [1.807, 2.05) is 5.48 Å². The molecular formula is C15H19F3N6O3S. The van der Waals surface area contributed by atoms with E-state index in [0.29, 0.717) is 0 Å². The van der Waals surface area contributed by atoms with Gasteiger partial charge in [-0.3, -0.25) is 10.7 Å². The van der Waals surface area contributed by atoms with Gasteiger partial charge in [-0.2, -0.15) is 13.2 Å². The van der Waals surface area contributed by atoms with Crippen LogP contribution in [0, 0.1) is 4.78 Å². The molecule has 0 aliphatic heterocycles. The SMILES string of the molecule is CCS(=N)(=O)NCCNc1nocc1C(=Nc1cccc(C(F)(F)F)c1)NO. The third-order valence-electron chi connectivity index (χ3n) is 3.50. The molecule has 1 aromatic heterocycles. The topological polar surface area (TPSA) is 136 Å². The molecule has 13 heteroatoms. The molecule has 5 N–H and O–H groups in total. The van der Waals surface area contributed by atoms with E-state index in [4.69, 9.17) is 9.30 Å². The van der Waals surface area contributed by atoms with Crippen LogP contribution in [0.2, 0.25) is 0 Å². The normalized spacial score (nSPS) is 14.5. The molecule has 0 spiro atoms. The second kappa shape index (κ2) is 9.03. The van der Waals surface area contributed by atoms with Gasteiger partial charge in [-0.1, -0.05) is 18.1 Å². The van der Waals surface area contributed by atoms with Crippen LogP contribution < -0.4 is 15.5 Å². The predicted molar refractivity (Wildman–Crippen MR) is 97.0 cm³/mol. The van der Waals surface area contributed by atoms with Gasteiger partial charge in [-0.25, -0.2) is 18.7 Å². The first-order valence-corrected chi connectivity index (χ1v) is 9.74. The maximum absolute atomic E-state index is 12.8. The Balaban J connectivity index is 2.15. The highest BCUT2D eigenvalue weighted by Gasteiger charge is 2.30. The molecule has 0 radical (unpaired) electrons. The van der Waals surface area contributed by atoms with Gasteiger partial charge in [0.15, 0.2) is 11.7 Å². The van der Waals surface area contributed by atoms with Gasteiger partial charge in [0.05, 0.1) is 11.3 Å². The first-order chi connectivity index (χ1) is 13.2. The van der Waals surface area contributed by atoms with Gasteiger partial charge < -0.3 is 9.84 Å². The molecule has 154 valence electrons. The summed E-state index contributed by atoms with van der Waals surface area (Å²) in [6.07, 6.45) is -3.38. The number of amidine groups is 1. The number of hydrogen-bond acceptors (Lipinski definition) is 7. The van der Waals surface area contributed by atoms with Crippen LogP contribution >= 0.6 is 0 Å². The standard InChI is InChI=1S/C15H19F3N6O3S/c1-2-28(19,26)21-7-6-20-13-12(9-27-24-13)14(23-25)22-11-5-3-4-10(8-11)15(16,17)18/h3-5,8-9,25H,2,6-7H2,1H3,(H,20,24)(H,22,23)(H2,19,21,26). The first kappa shape index (κ1) is 21.7. The number of aliphatic imine (C=N–C) groups is 1. The van der Waals surface area contributed by atoms with Crippen LogP contribution in [0.25, 0.3) is 0 Å². The number of hydrogen-bond donors (Lipinski definition) is 5. The second-order valence-electron chi connectivity index (χ2n) is 5.48. The van der Waals surface area contributed by atoms with Gasteiger partial charge in [0.1, 0.15) is 21.7 Å². The van der Waals surface area contributed by atoms with Gasteiger partial charge >= 0.3 is 6.18 Å². The maximum atomic E-state index is 12.8. The maximum Gasteiger partial charge on any atom is 0.416 e. The van der Waals surface area contributed by atoms with E-state index in [0.717, 1.165) is 18.4 Å². The van der Waals surface area contributed by atoms with Crippen molar-refractivity contribution in [2.45, 2.75) is 13.1 Å². The monoisotopic (exact) mass is 420 g/mol. The van der Waals surface area contributed by atoms with Crippen LogP contribution in [0.3, 0.4) is 0 Å². The minimum absolute atomic E-state index is 0.0444. The molecule has 2 aromatic rings. The molecule has 0 fully saturated rings. The predicted octanol–water partition coefficient (Wildman–Crippen LogP) is 2.73. The van der Waals surface area contributed by atoms with Gasteiger partial charge in [-0.05, 0) is 18.2 Å². The highest BCUT2D eigenvalue weighted by Crippen LogP contribution is 2.31. The quantitative estimate of drug-likeness (QED) is 0.193. The molecule has 1 aromatic carbocycles. The van der Waals surface area contributed by atoms with Gasteiger partial charge in [0.2, 0.25) is 0 Å². The van der Waals surface area contributed by atoms with Gasteiger partial charge in [0.25, 0.3) is 0 Å². The van der Waals surface area contributed by atoms with Crippen molar-refractivity contribution in [1.29, 1.82) is 4.78 Å². The molecule has 9 nitrogen and oxygen atoms in total. The van der Waals surface area contributed by atoms with Crippen molar-refractivity contribution < 1.29 is 27.1 Å². The van der Waals surface area contributed by atoms with E-state index in [-0.39, 0.29) is 41.7 Å². The van der Waals surface area contributed by atoms with Crippen molar-refractivity contribution in [3.63, 3.8) is 0 Å². The zero-order valence-electron chi connectivity index (χ0n) is 14.7. The fourth-order valence-electron chi connectivity index (χ4n) is 2.06. The number of nitrogens with zero attached hydrogens (tertiary/aromatic N) is 2. The fraction of sp³-hybridized carbons (Fsp3) is 0.333. The number of alkyl halides is 3. The number of nitrogens with one attached hydrogen (secondary N) is 4. The van der Waals surface area contributed by atoms with Crippen LogP contribution in [0.1, 0.15) is 18.1 Å². The van der Waals surface area contributed by atoms with E-state index in [1.165, 1.54) is 12.1 Å². The Labute approximate surface area is 159 Å². The summed E-state index contributed by atoms with van der Waals surface area (Å²) in [6, 6.07) is 4.27. The number of rotatable bonds is 8. The smallest absolute Gasteiger partial charge is 0.365 e. The molecule has 28 heavy (non-hydrogen) atoms. The van der Waals surface area contributed by atoms with E-state index < -0.39 is 21.7 Å². The Hall–Kier alpha value is -2.64. The van der Waals surface area contributed by atoms with Crippen LogP contribution in [0.4, 0.5) is 24.7 Å². The first-order valence-electron chi connectivity index (χ1n) is 8.02. The summed E-state index contributed by atoms with van der Waals surface area (Å²) in [5.41, 5.74) is 1.06. The Morgan fingerprint density at radius 2 is 2.14 bits per heavy atom. The summed E-state index contributed by atoms with van der Waals surface area (Å²) >= 11 is 0. The second-order valence-corrected chi connectivity index (χ2v) is 7.70. The molecular weight excluding hydrogens is 401 g/mol. The minimum Gasteiger partial charge on any atom is -0.365 e. The molecule has 0 saturated carbocycles. The molecule has 0 aliphatic rings. The minimum atomic E-state index is -4.52. The van der Waals surface area contributed by atoms with E-state index in [9.17, 15) is 22.6 Å². The van der Waals surface area contributed by atoms with E-state index >= 15 is 0 Å². The summed E-state index contributed by atoms with van der Waals surface area (Å²) in [5, 5.41) is 15.9. The molecule has 0 bridgehead atoms. The number of halogens is 3. The summed E-state index contributed by atoms with van der Waals surface area (Å²) in [4.78, 5) is 3.96. The number of hydroxylamine groups is 1. The summed E-state index contributed by atoms with van der Waals surface area (Å²) in [5.74, 6) is 0.126. The van der Waals surface area contributed by atoms with E-state index in [1.54, 1.807) is 6.92 Å². The molecule has 1 unspecified atom stereocenters. The molecule has 1 heterocycles. The Morgan fingerprint density at radius 3 is 2.79 bits per heavy atom. The van der Waals surface area contributed by atoms with Crippen LogP contribution in [-0.2, 0) is 16.1 Å². The van der Waals surface area contributed by atoms with Crippen LogP contribution in [0.5, 0.6) is 0 Å². The average Bonchev–Trinajstić information content (AvgIpc) is 3.11. The number of anilines is 1. The molecule has 0 aliphatic carbocycles. The lowest BCUT2D eigenvalue weighted by atomic mass is 10.2. The highest BCUT2D eigenvalue weighted by atomic mass is 32.2. The fourth-order valence-corrected chi connectivity index (χ4v) is 2.69. The largest absolute Gasteiger partial charge is 0.416 e. The molecule has 2 rings (SSSR count). The summed E-state index contributed by atoms with van der Waals surface area (Å²) < 4.78 is 64.9. The van der Waals surface area contributed by atoms with E-state index in [2.05, 4.69) is 20.2 Å². The summed E-state index contributed by atoms with van der Waals surface area (Å²) in [7, 11) is -2.85. The Bertz CT molecular complexity index is 927. The summed E-state index contributed by atoms with van der Waals surface area (Å²) in [6.45, 7) is 2.03. The van der Waals surface area contributed by atoms with Crippen molar-refractivity contribution in [3.8, 4) is 0 Å².